The molecule has 1 saturated carbocycles. The predicted molar refractivity (Wildman–Crippen MR) is 102 cm³/mol. The third kappa shape index (κ3) is 6.94. The van der Waals surface area contributed by atoms with Crippen LogP contribution >= 0.6 is 24.0 Å². The highest BCUT2D eigenvalue weighted by Gasteiger charge is 2.14. The second-order valence-electron chi connectivity index (χ2n) is 5.71. The standard InChI is InChI=1S/C17H26FN3.HI/c1-19-17(21-16-10-3-2-4-11-16)20-12-6-8-14-7-5-9-15(18)13-14;/h5,7,9,13,16H,2-4,6,8,10-12H2,1H3,(H2,19,20,21);1H. The van der Waals surface area contributed by atoms with Crippen LogP contribution in [-0.2, 0) is 6.42 Å². The summed E-state index contributed by atoms with van der Waals surface area (Å²) in [5.74, 6) is 0.733. The Morgan fingerprint density at radius 2 is 2.05 bits per heavy atom. The van der Waals surface area contributed by atoms with E-state index in [0.29, 0.717) is 6.04 Å². The van der Waals surface area contributed by atoms with E-state index in [-0.39, 0.29) is 29.8 Å². The molecule has 1 aromatic rings. The first kappa shape index (κ1) is 19.2. The zero-order valence-electron chi connectivity index (χ0n) is 13.3. The minimum absolute atomic E-state index is 0. The number of hydrogen-bond acceptors (Lipinski definition) is 1. The van der Waals surface area contributed by atoms with Crippen molar-refractivity contribution in [1.82, 2.24) is 10.6 Å². The van der Waals surface area contributed by atoms with Gasteiger partial charge in [0.1, 0.15) is 5.82 Å². The molecule has 0 heterocycles. The van der Waals surface area contributed by atoms with Crippen molar-refractivity contribution in [3.63, 3.8) is 0 Å². The molecule has 1 aliphatic carbocycles. The SMILES string of the molecule is CN=C(NCCCc1cccc(F)c1)NC1CCCCC1.I. The van der Waals surface area contributed by atoms with Crippen LogP contribution in [0.15, 0.2) is 29.3 Å². The lowest BCUT2D eigenvalue weighted by molar-refractivity contribution is 0.410. The fourth-order valence-electron chi connectivity index (χ4n) is 2.83. The summed E-state index contributed by atoms with van der Waals surface area (Å²) in [6.45, 7) is 0.850. The maximum Gasteiger partial charge on any atom is 0.191 e. The largest absolute Gasteiger partial charge is 0.356 e. The molecule has 0 bridgehead atoms. The van der Waals surface area contributed by atoms with E-state index in [1.165, 1.54) is 38.2 Å². The number of rotatable bonds is 5. The van der Waals surface area contributed by atoms with E-state index >= 15 is 0 Å². The Balaban J connectivity index is 0.00000242. The maximum absolute atomic E-state index is 13.1. The quantitative estimate of drug-likeness (QED) is 0.329. The van der Waals surface area contributed by atoms with Gasteiger partial charge in [-0.1, -0.05) is 31.4 Å². The summed E-state index contributed by atoms with van der Waals surface area (Å²) in [7, 11) is 1.81. The van der Waals surface area contributed by atoms with Crippen LogP contribution < -0.4 is 10.6 Å². The van der Waals surface area contributed by atoms with E-state index in [1.54, 1.807) is 12.1 Å². The summed E-state index contributed by atoms with van der Waals surface area (Å²) in [5.41, 5.74) is 1.05. The van der Waals surface area contributed by atoms with E-state index in [0.717, 1.165) is 30.9 Å². The van der Waals surface area contributed by atoms with Crippen molar-refractivity contribution in [3.05, 3.63) is 35.6 Å². The zero-order chi connectivity index (χ0) is 14.9. The smallest absolute Gasteiger partial charge is 0.191 e. The first-order valence-corrected chi connectivity index (χ1v) is 7.99. The molecule has 5 heteroatoms. The molecule has 124 valence electrons. The number of guanidine groups is 1. The van der Waals surface area contributed by atoms with Crippen LogP contribution in [0.4, 0.5) is 4.39 Å². The average Bonchev–Trinajstić information content (AvgIpc) is 2.51. The number of halogens is 2. The minimum atomic E-state index is -0.157. The van der Waals surface area contributed by atoms with Crippen LogP contribution in [0.25, 0.3) is 0 Å². The number of hydrogen-bond donors (Lipinski definition) is 2. The number of nitrogens with zero attached hydrogens (tertiary/aromatic N) is 1. The van der Waals surface area contributed by atoms with E-state index in [1.807, 2.05) is 13.1 Å². The van der Waals surface area contributed by atoms with Gasteiger partial charge in [0.05, 0.1) is 0 Å². The topological polar surface area (TPSA) is 36.4 Å². The van der Waals surface area contributed by atoms with Crippen LogP contribution in [0.2, 0.25) is 0 Å². The monoisotopic (exact) mass is 419 g/mol. The Hall–Kier alpha value is -0.850. The highest BCUT2D eigenvalue weighted by molar-refractivity contribution is 14.0. The van der Waals surface area contributed by atoms with E-state index < -0.39 is 0 Å². The summed E-state index contributed by atoms with van der Waals surface area (Å²) in [6, 6.07) is 7.39. The number of nitrogens with one attached hydrogen (secondary N) is 2. The number of aryl methyl sites for hydroxylation is 1. The maximum atomic E-state index is 13.1. The van der Waals surface area contributed by atoms with Crippen LogP contribution in [-0.4, -0.2) is 25.6 Å². The van der Waals surface area contributed by atoms with Gasteiger partial charge in [-0.25, -0.2) is 4.39 Å². The third-order valence-electron chi connectivity index (χ3n) is 3.99. The van der Waals surface area contributed by atoms with Gasteiger partial charge in [0.15, 0.2) is 5.96 Å². The molecule has 0 spiro atoms. The van der Waals surface area contributed by atoms with Crippen LogP contribution in [0.5, 0.6) is 0 Å². The van der Waals surface area contributed by atoms with Crippen LogP contribution in [0.1, 0.15) is 44.1 Å². The molecule has 1 aliphatic rings. The van der Waals surface area contributed by atoms with Crippen molar-refractivity contribution in [2.75, 3.05) is 13.6 Å². The zero-order valence-corrected chi connectivity index (χ0v) is 15.6. The molecule has 0 aliphatic heterocycles. The molecular weight excluding hydrogens is 392 g/mol. The summed E-state index contributed by atoms with van der Waals surface area (Å²) < 4.78 is 13.1. The molecule has 0 unspecified atom stereocenters. The van der Waals surface area contributed by atoms with E-state index in [9.17, 15) is 4.39 Å². The molecule has 2 rings (SSSR count). The van der Waals surface area contributed by atoms with Crippen molar-refractivity contribution in [3.8, 4) is 0 Å². The second-order valence-corrected chi connectivity index (χ2v) is 5.71. The van der Waals surface area contributed by atoms with Gasteiger partial charge >= 0.3 is 0 Å². The summed E-state index contributed by atoms with van der Waals surface area (Å²) in [6.07, 6.45) is 8.31. The van der Waals surface area contributed by atoms with Gasteiger partial charge in [0.25, 0.3) is 0 Å². The lowest BCUT2D eigenvalue weighted by Crippen LogP contribution is -2.44. The molecule has 22 heavy (non-hydrogen) atoms. The fraction of sp³-hybridized carbons (Fsp3) is 0.588. The second kappa shape index (κ2) is 10.8. The van der Waals surface area contributed by atoms with Crippen molar-refractivity contribution in [2.24, 2.45) is 4.99 Å². The molecule has 1 fully saturated rings. The number of aliphatic imine (C=N–C) groups is 1. The molecule has 0 radical (unpaired) electrons. The molecule has 0 amide bonds. The average molecular weight is 419 g/mol. The predicted octanol–water partition coefficient (Wildman–Crippen LogP) is 3.87. The van der Waals surface area contributed by atoms with Gasteiger partial charge < -0.3 is 10.6 Å². The molecule has 3 nitrogen and oxygen atoms in total. The Morgan fingerprint density at radius 1 is 1.27 bits per heavy atom. The highest BCUT2D eigenvalue weighted by atomic mass is 127. The minimum Gasteiger partial charge on any atom is -0.356 e. The van der Waals surface area contributed by atoms with E-state index in [2.05, 4.69) is 15.6 Å². The fourth-order valence-corrected chi connectivity index (χ4v) is 2.83. The number of benzene rings is 1. The first-order chi connectivity index (χ1) is 10.3. The van der Waals surface area contributed by atoms with Gasteiger partial charge in [0, 0.05) is 19.6 Å². The molecule has 2 N–H and O–H groups in total. The van der Waals surface area contributed by atoms with Gasteiger partial charge in [-0.3, -0.25) is 4.99 Å². The summed E-state index contributed by atoms with van der Waals surface area (Å²) in [4.78, 5) is 4.28. The summed E-state index contributed by atoms with van der Waals surface area (Å²) in [5, 5.41) is 6.84. The van der Waals surface area contributed by atoms with Crippen LogP contribution in [0.3, 0.4) is 0 Å². The highest BCUT2D eigenvalue weighted by Crippen LogP contribution is 2.17. The third-order valence-corrected chi connectivity index (χ3v) is 3.99. The Bertz CT molecular complexity index is 459. The van der Waals surface area contributed by atoms with Crippen molar-refractivity contribution < 1.29 is 4.39 Å². The Kier molecular flexibility index (Phi) is 9.43. The molecule has 0 aromatic heterocycles. The molecule has 1 aromatic carbocycles. The lowest BCUT2D eigenvalue weighted by atomic mass is 9.96. The molecule has 0 saturated heterocycles. The van der Waals surface area contributed by atoms with Gasteiger partial charge in [0.2, 0.25) is 0 Å². The Labute approximate surface area is 150 Å². The van der Waals surface area contributed by atoms with E-state index in [4.69, 9.17) is 0 Å². The van der Waals surface area contributed by atoms with Gasteiger partial charge in [-0.05, 0) is 43.4 Å². The van der Waals surface area contributed by atoms with Gasteiger partial charge in [-0.15, -0.1) is 24.0 Å². The van der Waals surface area contributed by atoms with Gasteiger partial charge in [-0.2, -0.15) is 0 Å². The normalized spacial score (nSPS) is 16.0. The molecular formula is C17H27FIN3. The first-order valence-electron chi connectivity index (χ1n) is 7.99. The van der Waals surface area contributed by atoms with Crippen LogP contribution in [0, 0.1) is 5.82 Å². The van der Waals surface area contributed by atoms with Crippen molar-refractivity contribution in [2.45, 2.75) is 51.0 Å². The molecule has 0 atom stereocenters. The lowest BCUT2D eigenvalue weighted by Gasteiger charge is -2.24. The van der Waals surface area contributed by atoms with Crippen molar-refractivity contribution in [1.29, 1.82) is 0 Å². The Morgan fingerprint density at radius 3 is 2.73 bits per heavy atom. The summed E-state index contributed by atoms with van der Waals surface area (Å²) >= 11 is 0. The van der Waals surface area contributed by atoms with Crippen molar-refractivity contribution >= 4 is 29.9 Å².